The SMILES string of the molecule is O=C1NC(O)c2cc3c(cc21)C(=O)N(C1CCCCC1)C3=O. The molecule has 3 amide bonds. The van der Waals surface area contributed by atoms with E-state index in [4.69, 9.17) is 0 Å². The minimum Gasteiger partial charge on any atom is -0.369 e. The molecule has 0 saturated heterocycles. The Hall–Kier alpha value is -2.21. The number of imide groups is 1. The number of nitrogens with zero attached hydrogens (tertiary/aromatic N) is 1. The van der Waals surface area contributed by atoms with Gasteiger partial charge in [-0.25, -0.2) is 0 Å². The van der Waals surface area contributed by atoms with Crippen molar-refractivity contribution >= 4 is 17.7 Å². The Kier molecular flexibility index (Phi) is 2.84. The van der Waals surface area contributed by atoms with Crippen LogP contribution in [0.4, 0.5) is 0 Å². The number of amides is 3. The Labute approximate surface area is 127 Å². The summed E-state index contributed by atoms with van der Waals surface area (Å²) < 4.78 is 0. The highest BCUT2D eigenvalue weighted by Gasteiger charge is 2.42. The second kappa shape index (κ2) is 4.64. The van der Waals surface area contributed by atoms with Crippen molar-refractivity contribution in [3.8, 4) is 0 Å². The highest BCUT2D eigenvalue weighted by atomic mass is 16.3. The Morgan fingerprint density at radius 1 is 0.955 bits per heavy atom. The van der Waals surface area contributed by atoms with Gasteiger partial charge >= 0.3 is 0 Å². The smallest absolute Gasteiger partial charge is 0.261 e. The van der Waals surface area contributed by atoms with Crippen molar-refractivity contribution in [2.24, 2.45) is 0 Å². The van der Waals surface area contributed by atoms with Crippen LogP contribution in [0.25, 0.3) is 0 Å². The van der Waals surface area contributed by atoms with E-state index in [1.807, 2.05) is 0 Å². The van der Waals surface area contributed by atoms with Crippen molar-refractivity contribution in [1.29, 1.82) is 0 Å². The Morgan fingerprint density at radius 2 is 1.59 bits per heavy atom. The third-order valence-electron chi connectivity index (χ3n) is 4.83. The van der Waals surface area contributed by atoms with Gasteiger partial charge in [-0.2, -0.15) is 0 Å². The lowest BCUT2D eigenvalue weighted by molar-refractivity contribution is 0.0549. The zero-order valence-corrected chi connectivity index (χ0v) is 12.0. The van der Waals surface area contributed by atoms with Crippen LogP contribution in [0.15, 0.2) is 12.1 Å². The molecule has 4 rings (SSSR count). The fraction of sp³-hybridized carbons (Fsp3) is 0.438. The normalized spacial score (nSPS) is 24.5. The molecule has 114 valence electrons. The van der Waals surface area contributed by atoms with E-state index in [0.717, 1.165) is 32.1 Å². The minimum absolute atomic E-state index is 0.0465. The van der Waals surface area contributed by atoms with Crippen LogP contribution in [-0.2, 0) is 0 Å². The molecule has 6 heteroatoms. The summed E-state index contributed by atoms with van der Waals surface area (Å²) in [4.78, 5) is 38.3. The summed E-state index contributed by atoms with van der Waals surface area (Å²) in [6.45, 7) is 0. The number of aliphatic hydroxyl groups is 1. The maximum absolute atomic E-state index is 12.6. The monoisotopic (exact) mass is 300 g/mol. The van der Waals surface area contributed by atoms with Gasteiger partial charge in [0.25, 0.3) is 17.7 Å². The Balaban J connectivity index is 1.76. The summed E-state index contributed by atoms with van der Waals surface area (Å²) in [5, 5.41) is 12.2. The van der Waals surface area contributed by atoms with Crippen LogP contribution < -0.4 is 5.32 Å². The predicted molar refractivity (Wildman–Crippen MR) is 76.2 cm³/mol. The van der Waals surface area contributed by atoms with E-state index in [1.54, 1.807) is 0 Å². The minimum atomic E-state index is -1.11. The summed E-state index contributed by atoms with van der Waals surface area (Å²) >= 11 is 0. The van der Waals surface area contributed by atoms with Crippen molar-refractivity contribution in [2.45, 2.75) is 44.4 Å². The van der Waals surface area contributed by atoms with Crippen molar-refractivity contribution in [3.05, 3.63) is 34.4 Å². The molecule has 2 N–H and O–H groups in total. The number of rotatable bonds is 1. The van der Waals surface area contributed by atoms with Crippen LogP contribution >= 0.6 is 0 Å². The number of hydrogen-bond donors (Lipinski definition) is 2. The molecule has 1 saturated carbocycles. The van der Waals surface area contributed by atoms with Gasteiger partial charge in [0.2, 0.25) is 0 Å². The van der Waals surface area contributed by atoms with E-state index in [2.05, 4.69) is 5.32 Å². The average molecular weight is 300 g/mol. The zero-order chi connectivity index (χ0) is 15.4. The molecule has 1 aromatic rings. The first kappa shape index (κ1) is 13.5. The number of fused-ring (bicyclic) bond motifs is 2. The molecule has 0 spiro atoms. The first-order chi connectivity index (χ1) is 10.6. The van der Waals surface area contributed by atoms with Crippen LogP contribution in [0, 0.1) is 0 Å². The van der Waals surface area contributed by atoms with Crippen molar-refractivity contribution in [3.63, 3.8) is 0 Å². The summed E-state index contributed by atoms with van der Waals surface area (Å²) in [6, 6.07) is 2.88. The van der Waals surface area contributed by atoms with Gasteiger partial charge in [-0.1, -0.05) is 19.3 Å². The molecular weight excluding hydrogens is 284 g/mol. The number of carbonyl (C=O) groups is 3. The van der Waals surface area contributed by atoms with Gasteiger partial charge in [0.1, 0.15) is 0 Å². The molecule has 1 aromatic carbocycles. The largest absolute Gasteiger partial charge is 0.369 e. The molecule has 2 heterocycles. The molecule has 2 aliphatic heterocycles. The third kappa shape index (κ3) is 1.73. The van der Waals surface area contributed by atoms with E-state index >= 15 is 0 Å². The molecule has 0 radical (unpaired) electrons. The molecule has 0 aromatic heterocycles. The van der Waals surface area contributed by atoms with Gasteiger partial charge in [0.05, 0.1) is 11.1 Å². The first-order valence-corrected chi connectivity index (χ1v) is 7.62. The van der Waals surface area contributed by atoms with Gasteiger partial charge in [-0.05, 0) is 25.0 Å². The number of carbonyl (C=O) groups excluding carboxylic acids is 3. The number of hydrogen-bond acceptors (Lipinski definition) is 4. The van der Waals surface area contributed by atoms with Crippen molar-refractivity contribution < 1.29 is 19.5 Å². The predicted octanol–water partition coefficient (Wildman–Crippen LogP) is 1.35. The van der Waals surface area contributed by atoms with Gasteiger partial charge < -0.3 is 10.4 Å². The molecule has 0 bridgehead atoms. The molecule has 6 nitrogen and oxygen atoms in total. The Bertz CT molecular complexity index is 706. The number of benzene rings is 1. The molecule has 3 aliphatic rings. The van der Waals surface area contributed by atoms with E-state index in [9.17, 15) is 19.5 Å². The number of aliphatic hydroxyl groups excluding tert-OH is 1. The van der Waals surface area contributed by atoms with Crippen molar-refractivity contribution in [1.82, 2.24) is 10.2 Å². The summed E-state index contributed by atoms with van der Waals surface area (Å²) in [5.74, 6) is -1.04. The summed E-state index contributed by atoms with van der Waals surface area (Å²) in [5.41, 5.74) is 1.22. The zero-order valence-electron chi connectivity index (χ0n) is 12.0. The van der Waals surface area contributed by atoms with Gasteiger partial charge in [-0.3, -0.25) is 19.3 Å². The van der Waals surface area contributed by atoms with Gasteiger partial charge in [-0.15, -0.1) is 0 Å². The van der Waals surface area contributed by atoms with E-state index < -0.39 is 12.1 Å². The standard InChI is InChI=1S/C16H16N2O4/c19-13-9-6-11-12(7-10(9)14(20)17-13)16(22)18(15(11)21)8-4-2-1-3-5-8/h6-8,13,19H,1-5H2,(H,17,20). The lowest BCUT2D eigenvalue weighted by Crippen LogP contribution is -2.40. The molecule has 1 fully saturated rings. The van der Waals surface area contributed by atoms with Crippen LogP contribution in [0.5, 0.6) is 0 Å². The second-order valence-electron chi connectivity index (χ2n) is 6.13. The second-order valence-corrected chi connectivity index (χ2v) is 6.13. The maximum atomic E-state index is 12.6. The topological polar surface area (TPSA) is 86.7 Å². The Morgan fingerprint density at radius 3 is 2.27 bits per heavy atom. The number of nitrogens with one attached hydrogen (secondary N) is 1. The average Bonchev–Trinajstić information content (AvgIpc) is 2.94. The third-order valence-corrected chi connectivity index (χ3v) is 4.83. The molecule has 22 heavy (non-hydrogen) atoms. The van der Waals surface area contributed by atoms with E-state index in [1.165, 1.54) is 17.0 Å². The van der Waals surface area contributed by atoms with Crippen LogP contribution in [0.2, 0.25) is 0 Å². The van der Waals surface area contributed by atoms with Crippen LogP contribution in [0.3, 0.4) is 0 Å². The van der Waals surface area contributed by atoms with Crippen molar-refractivity contribution in [2.75, 3.05) is 0 Å². The van der Waals surface area contributed by atoms with Gasteiger partial charge in [0, 0.05) is 17.2 Å². The highest BCUT2D eigenvalue weighted by Crippen LogP contribution is 2.35. The lowest BCUT2D eigenvalue weighted by atomic mass is 9.94. The van der Waals surface area contributed by atoms with Crippen LogP contribution in [0.1, 0.15) is 75.0 Å². The fourth-order valence-corrected chi connectivity index (χ4v) is 3.70. The van der Waals surface area contributed by atoms with E-state index in [0.29, 0.717) is 11.1 Å². The molecule has 1 aliphatic carbocycles. The molecular formula is C16H16N2O4. The molecule has 1 unspecified atom stereocenters. The molecule has 1 atom stereocenters. The van der Waals surface area contributed by atoms with Crippen LogP contribution in [-0.4, -0.2) is 33.8 Å². The lowest BCUT2D eigenvalue weighted by Gasteiger charge is -2.29. The highest BCUT2D eigenvalue weighted by molar-refractivity contribution is 6.22. The summed E-state index contributed by atoms with van der Waals surface area (Å²) in [7, 11) is 0. The fourth-order valence-electron chi connectivity index (χ4n) is 3.70. The quantitative estimate of drug-likeness (QED) is 0.766. The maximum Gasteiger partial charge on any atom is 0.261 e. The summed E-state index contributed by atoms with van der Waals surface area (Å²) in [6.07, 6.45) is 3.76. The van der Waals surface area contributed by atoms with Gasteiger partial charge in [0.15, 0.2) is 6.23 Å². The first-order valence-electron chi connectivity index (χ1n) is 7.62. The van der Waals surface area contributed by atoms with E-state index in [-0.39, 0.29) is 29.0 Å².